The number of benzene rings is 1. The van der Waals surface area contributed by atoms with Crippen molar-refractivity contribution in [2.45, 2.75) is 20.0 Å². The van der Waals surface area contributed by atoms with Crippen LogP contribution in [0.3, 0.4) is 0 Å². The number of nitrogens with one attached hydrogen (secondary N) is 2. The second kappa shape index (κ2) is 7.34. The molecule has 1 amide bonds. The van der Waals surface area contributed by atoms with Gasteiger partial charge < -0.3 is 14.6 Å². The molecule has 10 heteroatoms. The number of sulfonamides is 1. The zero-order valence-corrected chi connectivity index (χ0v) is 14.6. The zero-order valence-electron chi connectivity index (χ0n) is 13.8. The van der Waals surface area contributed by atoms with Crippen LogP contribution in [-0.4, -0.2) is 37.8 Å². The van der Waals surface area contributed by atoms with Crippen molar-refractivity contribution in [2.75, 3.05) is 16.3 Å². The lowest BCUT2D eigenvalue weighted by atomic mass is 10.2. The summed E-state index contributed by atoms with van der Waals surface area (Å²) >= 11 is 0. The number of rotatable bonds is 6. The van der Waals surface area contributed by atoms with Gasteiger partial charge in [-0.15, -0.1) is 0 Å². The van der Waals surface area contributed by atoms with E-state index in [1.165, 1.54) is 25.1 Å². The van der Waals surface area contributed by atoms with Gasteiger partial charge in [-0.25, -0.2) is 13.2 Å². The second-order valence-electron chi connectivity index (χ2n) is 5.28. The predicted molar refractivity (Wildman–Crippen MR) is 89.7 cm³/mol. The first-order valence-electron chi connectivity index (χ1n) is 7.17. The highest BCUT2D eigenvalue weighted by Gasteiger charge is 2.22. The third-order valence-corrected chi connectivity index (χ3v) is 3.57. The zero-order chi connectivity index (χ0) is 18.6. The second-order valence-corrected chi connectivity index (χ2v) is 7.03. The fourth-order valence-electron chi connectivity index (χ4n) is 1.88. The smallest absolute Gasteiger partial charge is 0.341 e. The maximum atomic E-state index is 12.3. The van der Waals surface area contributed by atoms with Gasteiger partial charge in [0.15, 0.2) is 11.9 Å². The summed E-state index contributed by atoms with van der Waals surface area (Å²) in [4.78, 5) is 24.3. The Hall–Kier alpha value is -2.88. The number of carbonyl (C=O) groups is 2. The minimum absolute atomic E-state index is 0.00939. The van der Waals surface area contributed by atoms with Crippen molar-refractivity contribution in [3.05, 3.63) is 41.7 Å². The molecule has 0 spiro atoms. The van der Waals surface area contributed by atoms with Crippen molar-refractivity contribution in [3.63, 3.8) is 0 Å². The van der Waals surface area contributed by atoms with Crippen LogP contribution < -0.4 is 10.0 Å². The number of amides is 1. The molecule has 1 heterocycles. The highest BCUT2D eigenvalue weighted by atomic mass is 32.2. The SMILES string of the molecule is Cc1cc(NC(=O)C(C)OC(=O)c2ccccc2NS(C)(=O)=O)no1. The van der Waals surface area contributed by atoms with E-state index in [9.17, 15) is 18.0 Å². The monoisotopic (exact) mass is 367 g/mol. The number of aryl methyl sites for hydroxylation is 1. The summed E-state index contributed by atoms with van der Waals surface area (Å²) in [6, 6.07) is 7.43. The van der Waals surface area contributed by atoms with Gasteiger partial charge >= 0.3 is 5.97 Å². The molecule has 0 fully saturated rings. The van der Waals surface area contributed by atoms with Crippen LogP contribution in [-0.2, 0) is 19.6 Å². The molecule has 0 radical (unpaired) electrons. The molecule has 0 saturated carbocycles. The van der Waals surface area contributed by atoms with Crippen LogP contribution in [0.2, 0.25) is 0 Å². The maximum Gasteiger partial charge on any atom is 0.341 e. The molecule has 2 N–H and O–H groups in total. The number of carbonyl (C=O) groups excluding carboxylic acids is 2. The van der Waals surface area contributed by atoms with Gasteiger partial charge in [-0.3, -0.25) is 9.52 Å². The normalized spacial score (nSPS) is 12.3. The third kappa shape index (κ3) is 5.31. The van der Waals surface area contributed by atoms with Gasteiger partial charge in [0.05, 0.1) is 17.5 Å². The van der Waals surface area contributed by atoms with Crippen molar-refractivity contribution in [3.8, 4) is 0 Å². The summed E-state index contributed by atoms with van der Waals surface area (Å²) in [6.45, 7) is 3.05. The Morgan fingerprint density at radius 3 is 2.56 bits per heavy atom. The summed E-state index contributed by atoms with van der Waals surface area (Å²) in [7, 11) is -3.57. The first-order chi connectivity index (χ1) is 11.7. The van der Waals surface area contributed by atoms with Crippen LogP contribution in [0, 0.1) is 6.92 Å². The van der Waals surface area contributed by atoms with Crippen LogP contribution in [0.25, 0.3) is 0 Å². The average Bonchev–Trinajstić information content (AvgIpc) is 2.91. The summed E-state index contributed by atoms with van der Waals surface area (Å²) < 4.78 is 34.9. The minimum atomic E-state index is -3.57. The summed E-state index contributed by atoms with van der Waals surface area (Å²) in [5, 5.41) is 6.05. The lowest BCUT2D eigenvalue weighted by Crippen LogP contribution is -2.30. The molecule has 25 heavy (non-hydrogen) atoms. The molecule has 0 aliphatic heterocycles. The number of aromatic nitrogens is 1. The molecule has 0 aliphatic rings. The van der Waals surface area contributed by atoms with Gasteiger partial charge in [-0.1, -0.05) is 17.3 Å². The van der Waals surface area contributed by atoms with E-state index in [4.69, 9.17) is 9.26 Å². The molecule has 134 valence electrons. The maximum absolute atomic E-state index is 12.3. The van der Waals surface area contributed by atoms with Crippen molar-refractivity contribution in [2.24, 2.45) is 0 Å². The molecule has 2 aromatic rings. The van der Waals surface area contributed by atoms with Crippen molar-refractivity contribution < 1.29 is 27.3 Å². The van der Waals surface area contributed by atoms with Gasteiger partial charge in [0.25, 0.3) is 5.91 Å². The van der Waals surface area contributed by atoms with Crippen LogP contribution in [0.1, 0.15) is 23.0 Å². The third-order valence-electron chi connectivity index (χ3n) is 2.97. The van der Waals surface area contributed by atoms with E-state index in [2.05, 4.69) is 15.2 Å². The minimum Gasteiger partial charge on any atom is -0.449 e. The summed E-state index contributed by atoms with van der Waals surface area (Å²) in [5.74, 6) is -0.730. The highest BCUT2D eigenvalue weighted by molar-refractivity contribution is 7.92. The Kier molecular flexibility index (Phi) is 5.42. The summed E-state index contributed by atoms with van der Waals surface area (Å²) in [5.41, 5.74) is 0.0552. The highest BCUT2D eigenvalue weighted by Crippen LogP contribution is 2.18. The van der Waals surface area contributed by atoms with Gasteiger partial charge in [-0.05, 0) is 26.0 Å². The quantitative estimate of drug-likeness (QED) is 0.741. The number of ether oxygens (including phenoxy) is 1. The Morgan fingerprint density at radius 2 is 1.96 bits per heavy atom. The molecule has 1 atom stereocenters. The fourth-order valence-corrected chi connectivity index (χ4v) is 2.46. The number of hydrogen-bond donors (Lipinski definition) is 2. The standard InChI is InChI=1S/C15H17N3O6S/c1-9-8-13(17-24-9)16-14(19)10(2)23-15(20)11-6-4-5-7-12(11)18-25(3,21)22/h4-8,10,18H,1-3H3,(H,16,17,19). The molecular formula is C15H17N3O6S. The first kappa shape index (κ1) is 18.5. The lowest BCUT2D eigenvalue weighted by Gasteiger charge is -2.14. The summed E-state index contributed by atoms with van der Waals surface area (Å²) in [6.07, 6.45) is -0.166. The number of nitrogens with zero attached hydrogens (tertiary/aromatic N) is 1. The Bertz CT molecular complexity index is 890. The van der Waals surface area contributed by atoms with E-state index in [1.54, 1.807) is 19.1 Å². The van der Waals surface area contributed by atoms with Crippen molar-refractivity contribution in [1.82, 2.24) is 5.16 Å². The molecule has 0 bridgehead atoms. The Morgan fingerprint density at radius 1 is 1.28 bits per heavy atom. The Labute approximate surface area is 144 Å². The van der Waals surface area contributed by atoms with E-state index in [0.717, 1.165) is 6.26 Å². The van der Waals surface area contributed by atoms with Crippen LogP contribution in [0.4, 0.5) is 11.5 Å². The first-order valence-corrected chi connectivity index (χ1v) is 9.07. The lowest BCUT2D eigenvalue weighted by molar-refractivity contribution is -0.123. The number of hydrogen-bond acceptors (Lipinski definition) is 7. The van der Waals surface area contributed by atoms with Gasteiger partial charge in [0.1, 0.15) is 5.76 Å². The van der Waals surface area contributed by atoms with Crippen LogP contribution in [0.15, 0.2) is 34.9 Å². The topological polar surface area (TPSA) is 128 Å². The Balaban J connectivity index is 2.07. The van der Waals surface area contributed by atoms with Crippen LogP contribution in [0.5, 0.6) is 0 Å². The molecule has 9 nitrogen and oxygen atoms in total. The van der Waals surface area contributed by atoms with E-state index in [1.807, 2.05) is 0 Å². The molecule has 1 unspecified atom stereocenters. The van der Waals surface area contributed by atoms with Crippen molar-refractivity contribution in [1.29, 1.82) is 0 Å². The fraction of sp³-hybridized carbons (Fsp3) is 0.267. The van der Waals surface area contributed by atoms with Crippen molar-refractivity contribution >= 4 is 33.4 Å². The predicted octanol–water partition coefficient (Wildman–Crippen LogP) is 1.54. The average molecular weight is 367 g/mol. The molecule has 1 aromatic carbocycles. The largest absolute Gasteiger partial charge is 0.449 e. The molecule has 0 aliphatic carbocycles. The number of para-hydroxylation sites is 1. The molecular weight excluding hydrogens is 350 g/mol. The van der Waals surface area contributed by atoms with E-state index in [0.29, 0.717) is 5.76 Å². The number of esters is 1. The van der Waals surface area contributed by atoms with E-state index in [-0.39, 0.29) is 17.1 Å². The number of anilines is 2. The van der Waals surface area contributed by atoms with Crippen LogP contribution >= 0.6 is 0 Å². The van der Waals surface area contributed by atoms with Gasteiger partial charge in [0, 0.05) is 6.07 Å². The molecule has 2 rings (SSSR count). The van der Waals surface area contributed by atoms with E-state index < -0.39 is 28.0 Å². The van der Waals surface area contributed by atoms with Gasteiger partial charge in [0.2, 0.25) is 10.0 Å². The molecule has 1 aromatic heterocycles. The van der Waals surface area contributed by atoms with Gasteiger partial charge in [-0.2, -0.15) is 0 Å². The van der Waals surface area contributed by atoms with E-state index >= 15 is 0 Å². The molecule has 0 saturated heterocycles.